The predicted molar refractivity (Wildman–Crippen MR) is 75.5 cm³/mol. The van der Waals surface area contributed by atoms with Gasteiger partial charge in [-0.25, -0.2) is 0 Å². The number of alkyl halides is 3. The molecule has 8 heteroatoms. The smallest absolute Gasteiger partial charge is 0.471 e. The van der Waals surface area contributed by atoms with Crippen LogP contribution in [0.25, 0.3) is 0 Å². The van der Waals surface area contributed by atoms with E-state index in [1.807, 2.05) is 5.32 Å². The molecule has 1 aromatic carbocycles. The molecule has 0 fully saturated rings. The van der Waals surface area contributed by atoms with Crippen molar-refractivity contribution in [3.8, 4) is 11.5 Å². The summed E-state index contributed by atoms with van der Waals surface area (Å²) < 4.78 is 53.2. The summed E-state index contributed by atoms with van der Waals surface area (Å²) in [6.07, 6.45) is -5.19. The van der Waals surface area contributed by atoms with Gasteiger partial charge in [0, 0.05) is 17.5 Å². The molecule has 1 heterocycles. The zero-order valence-electron chi connectivity index (χ0n) is 13.0. The van der Waals surface area contributed by atoms with E-state index < -0.39 is 24.2 Å². The highest BCUT2D eigenvalue weighted by atomic mass is 19.4. The Bertz CT molecular complexity index is 589. The van der Waals surface area contributed by atoms with Crippen LogP contribution in [-0.2, 0) is 22.6 Å². The van der Waals surface area contributed by atoms with E-state index in [0.717, 1.165) is 11.1 Å². The van der Waals surface area contributed by atoms with Crippen LogP contribution >= 0.6 is 0 Å². The van der Waals surface area contributed by atoms with Crippen molar-refractivity contribution in [2.24, 2.45) is 0 Å². The second kappa shape index (κ2) is 6.66. The van der Waals surface area contributed by atoms with E-state index in [4.69, 9.17) is 14.2 Å². The minimum atomic E-state index is -4.91. The number of halogens is 3. The van der Waals surface area contributed by atoms with Crippen molar-refractivity contribution >= 4 is 5.91 Å². The zero-order chi connectivity index (χ0) is 17.2. The average Bonchev–Trinajstić information content (AvgIpc) is 2.52. The molecule has 0 radical (unpaired) electrons. The Hall–Kier alpha value is -1.96. The number of nitrogens with one attached hydrogen (secondary N) is 1. The van der Waals surface area contributed by atoms with Gasteiger partial charge in [0.25, 0.3) is 0 Å². The van der Waals surface area contributed by atoms with Crippen molar-refractivity contribution < 1.29 is 32.2 Å². The normalized spacial score (nSPS) is 18.8. The van der Waals surface area contributed by atoms with Crippen molar-refractivity contribution in [3.05, 3.63) is 23.3 Å². The molecule has 0 bridgehead atoms. The van der Waals surface area contributed by atoms with Crippen LogP contribution in [0.3, 0.4) is 0 Å². The Labute approximate surface area is 131 Å². The molecule has 0 saturated heterocycles. The van der Waals surface area contributed by atoms with E-state index >= 15 is 0 Å². The van der Waals surface area contributed by atoms with E-state index in [9.17, 15) is 18.0 Å². The number of carbonyl (C=O) groups is 1. The van der Waals surface area contributed by atoms with Crippen molar-refractivity contribution in [3.63, 3.8) is 0 Å². The molecule has 0 spiro atoms. The summed E-state index contributed by atoms with van der Waals surface area (Å²) in [5.41, 5.74) is 1.62. The van der Waals surface area contributed by atoms with Crippen LogP contribution in [0.1, 0.15) is 18.1 Å². The average molecular weight is 333 g/mol. The molecule has 5 nitrogen and oxygen atoms in total. The maximum atomic E-state index is 12.3. The van der Waals surface area contributed by atoms with Crippen LogP contribution in [0.4, 0.5) is 13.2 Å². The molecule has 1 aliphatic rings. The summed E-state index contributed by atoms with van der Waals surface area (Å²) in [7, 11) is 3.04. The molecule has 1 aromatic rings. The van der Waals surface area contributed by atoms with Gasteiger partial charge in [-0.3, -0.25) is 4.79 Å². The van der Waals surface area contributed by atoms with Gasteiger partial charge in [-0.05, 0) is 19.1 Å². The lowest BCUT2D eigenvalue weighted by Crippen LogP contribution is -2.49. The number of rotatable bonds is 4. The van der Waals surface area contributed by atoms with E-state index in [2.05, 4.69) is 0 Å². The van der Waals surface area contributed by atoms with Crippen molar-refractivity contribution in [1.29, 1.82) is 0 Å². The van der Waals surface area contributed by atoms with Crippen molar-refractivity contribution in [1.82, 2.24) is 5.32 Å². The van der Waals surface area contributed by atoms with Gasteiger partial charge < -0.3 is 19.5 Å². The number of carbonyl (C=O) groups excluding carboxylic acids is 1. The summed E-state index contributed by atoms with van der Waals surface area (Å²) >= 11 is 0. The van der Waals surface area contributed by atoms with Gasteiger partial charge >= 0.3 is 12.1 Å². The first-order chi connectivity index (χ1) is 10.8. The van der Waals surface area contributed by atoms with Gasteiger partial charge in [0.15, 0.2) is 0 Å². The lowest BCUT2D eigenvalue weighted by atomic mass is 9.94. The van der Waals surface area contributed by atoms with Crippen LogP contribution in [-0.4, -0.2) is 38.4 Å². The summed E-state index contributed by atoms with van der Waals surface area (Å²) in [6, 6.07) is 2.68. The third-order valence-electron chi connectivity index (χ3n) is 3.81. The molecule has 128 valence electrons. The monoisotopic (exact) mass is 333 g/mol. The molecule has 2 unspecified atom stereocenters. The third kappa shape index (κ3) is 3.69. The minimum Gasteiger partial charge on any atom is -0.496 e. The van der Waals surface area contributed by atoms with Gasteiger partial charge in [-0.15, -0.1) is 0 Å². The standard InChI is InChI=1S/C15H18F3NO4/c1-8(19-14(20)15(16,17)18)13-6-9-10(7-23-13)12(22-3)5-4-11(9)21-2/h4-5,8,13H,6-7H2,1-3H3,(H,19,20). The molecular formula is C15H18F3NO4. The van der Waals surface area contributed by atoms with E-state index in [1.165, 1.54) is 21.1 Å². The molecule has 1 amide bonds. The largest absolute Gasteiger partial charge is 0.496 e. The second-order valence-electron chi connectivity index (χ2n) is 5.24. The Morgan fingerprint density at radius 3 is 2.35 bits per heavy atom. The summed E-state index contributed by atoms with van der Waals surface area (Å²) in [4.78, 5) is 11.1. The zero-order valence-corrected chi connectivity index (χ0v) is 13.0. The van der Waals surface area contributed by atoms with Crippen molar-refractivity contribution in [2.45, 2.75) is 38.3 Å². The Morgan fingerprint density at radius 2 is 1.83 bits per heavy atom. The highest BCUT2D eigenvalue weighted by Crippen LogP contribution is 2.36. The number of benzene rings is 1. The minimum absolute atomic E-state index is 0.173. The fourth-order valence-corrected chi connectivity index (χ4v) is 2.57. The number of fused-ring (bicyclic) bond motifs is 1. The Balaban J connectivity index is 2.18. The fraction of sp³-hybridized carbons (Fsp3) is 0.533. The maximum absolute atomic E-state index is 12.3. The van der Waals surface area contributed by atoms with Crippen LogP contribution in [0.15, 0.2) is 12.1 Å². The number of amides is 1. The van der Waals surface area contributed by atoms with Crippen LogP contribution in [0, 0.1) is 0 Å². The second-order valence-corrected chi connectivity index (χ2v) is 5.24. The quantitative estimate of drug-likeness (QED) is 0.918. The van der Waals surface area contributed by atoms with Crippen molar-refractivity contribution in [2.75, 3.05) is 14.2 Å². The van der Waals surface area contributed by atoms with E-state index in [1.54, 1.807) is 12.1 Å². The summed E-state index contributed by atoms with van der Waals surface area (Å²) in [6.45, 7) is 1.65. The number of hydrogen-bond donors (Lipinski definition) is 1. The topological polar surface area (TPSA) is 56.8 Å². The Kier molecular flexibility index (Phi) is 5.03. The highest BCUT2D eigenvalue weighted by molar-refractivity contribution is 5.81. The predicted octanol–water partition coefficient (Wildman–Crippen LogP) is 2.21. The number of hydrogen-bond acceptors (Lipinski definition) is 4. The van der Waals surface area contributed by atoms with Crippen LogP contribution in [0.2, 0.25) is 0 Å². The molecule has 1 aliphatic heterocycles. The van der Waals surface area contributed by atoms with Crippen LogP contribution < -0.4 is 14.8 Å². The summed E-state index contributed by atoms with van der Waals surface area (Å²) in [5.74, 6) is -0.730. The molecule has 23 heavy (non-hydrogen) atoms. The molecule has 2 rings (SSSR count). The molecule has 1 N–H and O–H groups in total. The lowest BCUT2D eigenvalue weighted by molar-refractivity contribution is -0.175. The first kappa shape index (κ1) is 17.4. The number of methoxy groups -OCH3 is 2. The summed E-state index contributed by atoms with van der Waals surface area (Å²) in [5, 5.41) is 1.93. The first-order valence-electron chi connectivity index (χ1n) is 7.00. The van der Waals surface area contributed by atoms with Gasteiger partial charge in [-0.2, -0.15) is 13.2 Å². The van der Waals surface area contributed by atoms with Gasteiger partial charge in [0.05, 0.1) is 33.0 Å². The van der Waals surface area contributed by atoms with Crippen LogP contribution in [0.5, 0.6) is 11.5 Å². The highest BCUT2D eigenvalue weighted by Gasteiger charge is 2.40. The molecule has 0 saturated carbocycles. The SMILES string of the molecule is COc1ccc(OC)c2c1COC(C(C)NC(=O)C(F)(F)F)C2. The van der Waals surface area contributed by atoms with E-state index in [0.29, 0.717) is 17.9 Å². The first-order valence-corrected chi connectivity index (χ1v) is 7.00. The lowest BCUT2D eigenvalue weighted by Gasteiger charge is -2.32. The van der Waals surface area contributed by atoms with E-state index in [-0.39, 0.29) is 6.61 Å². The maximum Gasteiger partial charge on any atom is 0.471 e. The number of ether oxygens (including phenoxy) is 3. The van der Waals surface area contributed by atoms with Gasteiger partial charge in [0.1, 0.15) is 11.5 Å². The fourth-order valence-electron chi connectivity index (χ4n) is 2.57. The Morgan fingerprint density at radius 1 is 1.26 bits per heavy atom. The third-order valence-corrected chi connectivity index (χ3v) is 3.81. The molecule has 0 aliphatic carbocycles. The van der Waals surface area contributed by atoms with Gasteiger partial charge in [0.2, 0.25) is 0 Å². The molecular weight excluding hydrogens is 315 g/mol. The molecule has 0 aromatic heterocycles. The van der Waals surface area contributed by atoms with Gasteiger partial charge in [-0.1, -0.05) is 0 Å². The molecule has 2 atom stereocenters.